The lowest BCUT2D eigenvalue weighted by molar-refractivity contribution is 0.332. The Morgan fingerprint density at radius 2 is 1.12 bits per heavy atom. The first kappa shape index (κ1) is 31.2. The van der Waals surface area contributed by atoms with E-state index in [2.05, 4.69) is 177 Å². The first-order valence-corrected chi connectivity index (χ1v) is 20.4. The standard InChI is InChI=1S/C52H42BN3/c1-29-25-38-37-22-21-36-35-16-11-15-33-31-13-8-10-20-43(31)55(47(33)35)49(36)50(37)56(44-28-40-39(27-30(44)2)51(3,4)23-24-52(40,5)6)53-41-18-12-17-34-32-14-7-9-19-42(32)54(48(34)41)45(26-29)46(38)53/h7-22,25-28H,23-24H2,1-6H3. The third-order valence-electron chi connectivity index (χ3n) is 14.4. The molecule has 0 spiro atoms. The fourth-order valence-corrected chi connectivity index (χ4v) is 11.7. The zero-order valence-electron chi connectivity index (χ0n) is 32.9. The van der Waals surface area contributed by atoms with Gasteiger partial charge in [-0.2, -0.15) is 0 Å². The Bertz CT molecular complexity index is 3410. The Balaban J connectivity index is 1.27. The van der Waals surface area contributed by atoms with Gasteiger partial charge in [0.05, 0.1) is 33.3 Å². The summed E-state index contributed by atoms with van der Waals surface area (Å²) < 4.78 is 5.20. The van der Waals surface area contributed by atoms with Crippen LogP contribution in [0.4, 0.5) is 11.4 Å². The van der Waals surface area contributed by atoms with Crippen LogP contribution >= 0.6 is 0 Å². The monoisotopic (exact) mass is 719 g/mol. The van der Waals surface area contributed by atoms with Crippen molar-refractivity contribution in [3.8, 4) is 16.8 Å². The maximum Gasteiger partial charge on any atom is 0.333 e. The molecule has 56 heavy (non-hydrogen) atoms. The zero-order chi connectivity index (χ0) is 37.6. The first-order valence-electron chi connectivity index (χ1n) is 20.4. The van der Waals surface area contributed by atoms with Crippen LogP contribution in [0.2, 0.25) is 0 Å². The number of nitrogens with zero attached hydrogens (tertiary/aromatic N) is 3. The van der Waals surface area contributed by atoms with E-state index in [1.807, 2.05) is 0 Å². The van der Waals surface area contributed by atoms with Crippen LogP contribution in [0.15, 0.2) is 121 Å². The number of aromatic nitrogens is 2. The molecule has 0 saturated heterocycles. The van der Waals surface area contributed by atoms with Crippen molar-refractivity contribution < 1.29 is 0 Å². The second-order valence-corrected chi connectivity index (χ2v) is 18.5. The molecule has 3 nitrogen and oxygen atoms in total. The summed E-state index contributed by atoms with van der Waals surface area (Å²) in [6, 6.07) is 47.0. The molecule has 0 unspecified atom stereocenters. The summed E-state index contributed by atoms with van der Waals surface area (Å²) in [6.07, 6.45) is 2.38. The molecular weight excluding hydrogens is 677 g/mol. The highest BCUT2D eigenvalue weighted by Gasteiger charge is 2.46. The summed E-state index contributed by atoms with van der Waals surface area (Å²) in [7, 11) is 0. The van der Waals surface area contributed by atoms with E-state index in [1.54, 1.807) is 0 Å². The van der Waals surface area contributed by atoms with Crippen LogP contribution in [0.25, 0.3) is 76.7 Å². The van der Waals surface area contributed by atoms with Gasteiger partial charge in [0.1, 0.15) is 0 Å². The molecule has 0 saturated carbocycles. The van der Waals surface area contributed by atoms with Gasteiger partial charge in [0.2, 0.25) is 0 Å². The number of para-hydroxylation sites is 4. The van der Waals surface area contributed by atoms with E-state index in [0.717, 1.165) is 0 Å². The molecule has 3 aliphatic rings. The van der Waals surface area contributed by atoms with Crippen molar-refractivity contribution in [2.45, 2.75) is 65.2 Å². The lowest BCUT2D eigenvalue weighted by atomic mass is 9.43. The molecule has 0 bridgehead atoms. The summed E-state index contributed by atoms with van der Waals surface area (Å²) in [5.74, 6) is 0. The van der Waals surface area contributed by atoms with Crippen LogP contribution < -0.4 is 15.7 Å². The van der Waals surface area contributed by atoms with Crippen LogP contribution in [-0.2, 0) is 10.8 Å². The number of hydrogen-bond acceptors (Lipinski definition) is 1. The summed E-state index contributed by atoms with van der Waals surface area (Å²) >= 11 is 0. The Morgan fingerprint density at radius 1 is 0.518 bits per heavy atom. The minimum Gasteiger partial charge on any atom is -0.374 e. The van der Waals surface area contributed by atoms with Crippen LogP contribution in [0.5, 0.6) is 0 Å². The van der Waals surface area contributed by atoms with E-state index in [-0.39, 0.29) is 17.7 Å². The van der Waals surface area contributed by atoms with Gasteiger partial charge in [-0.25, -0.2) is 0 Å². The highest BCUT2D eigenvalue weighted by molar-refractivity contribution is 6.94. The molecule has 0 N–H and O–H groups in total. The highest BCUT2D eigenvalue weighted by atomic mass is 15.1. The van der Waals surface area contributed by atoms with Gasteiger partial charge in [-0.05, 0) is 101 Å². The Kier molecular flexibility index (Phi) is 5.61. The number of hydrogen-bond donors (Lipinski definition) is 0. The van der Waals surface area contributed by atoms with Crippen molar-refractivity contribution in [2.75, 3.05) is 4.81 Å². The predicted molar refractivity (Wildman–Crippen MR) is 239 cm³/mol. The van der Waals surface area contributed by atoms with Crippen molar-refractivity contribution >= 4 is 89.0 Å². The number of anilines is 2. The minimum atomic E-state index is -0.0300. The lowest BCUT2D eigenvalue weighted by Crippen LogP contribution is -2.61. The van der Waals surface area contributed by atoms with Crippen molar-refractivity contribution in [3.63, 3.8) is 0 Å². The van der Waals surface area contributed by atoms with Crippen LogP contribution in [0.1, 0.15) is 62.8 Å². The molecule has 3 aromatic heterocycles. The third-order valence-corrected chi connectivity index (χ3v) is 14.4. The summed E-state index contributed by atoms with van der Waals surface area (Å²) in [6.45, 7) is 14.5. The minimum absolute atomic E-state index is 0.0300. The quantitative estimate of drug-likeness (QED) is 0.154. The van der Waals surface area contributed by atoms with E-state index < -0.39 is 0 Å². The van der Waals surface area contributed by atoms with Gasteiger partial charge >= 0.3 is 6.85 Å². The van der Waals surface area contributed by atoms with Crippen molar-refractivity contribution in [1.82, 2.24) is 8.97 Å². The molecular formula is C52H42BN3. The maximum absolute atomic E-state index is 2.81. The molecule has 4 heteroatoms. The zero-order valence-corrected chi connectivity index (χ0v) is 32.9. The van der Waals surface area contributed by atoms with Gasteiger partial charge in [0, 0.05) is 49.3 Å². The highest BCUT2D eigenvalue weighted by Crippen LogP contribution is 2.54. The van der Waals surface area contributed by atoms with E-state index in [4.69, 9.17) is 0 Å². The summed E-state index contributed by atoms with van der Waals surface area (Å²) in [5, 5.41) is 7.92. The average Bonchev–Trinajstić information content (AvgIpc) is 3.84. The van der Waals surface area contributed by atoms with Crippen molar-refractivity contribution in [3.05, 3.63) is 144 Å². The van der Waals surface area contributed by atoms with Crippen molar-refractivity contribution in [1.29, 1.82) is 0 Å². The molecule has 5 heterocycles. The summed E-state index contributed by atoms with van der Waals surface area (Å²) in [4.78, 5) is 2.81. The van der Waals surface area contributed by atoms with Gasteiger partial charge < -0.3 is 13.8 Å². The fraction of sp³-hybridized carbons (Fsp3) is 0.192. The number of benzene rings is 7. The molecule has 0 radical (unpaired) electrons. The first-order chi connectivity index (χ1) is 27.1. The second-order valence-electron chi connectivity index (χ2n) is 18.5. The predicted octanol–water partition coefficient (Wildman–Crippen LogP) is 12.1. The van der Waals surface area contributed by atoms with Crippen molar-refractivity contribution in [2.24, 2.45) is 0 Å². The average molecular weight is 720 g/mol. The van der Waals surface area contributed by atoms with Crippen LogP contribution in [-0.4, -0.2) is 15.8 Å². The smallest absolute Gasteiger partial charge is 0.333 e. The molecule has 268 valence electrons. The van der Waals surface area contributed by atoms with Crippen LogP contribution in [0.3, 0.4) is 0 Å². The molecule has 0 fully saturated rings. The van der Waals surface area contributed by atoms with Gasteiger partial charge in [0.25, 0.3) is 0 Å². The number of rotatable bonds is 1. The SMILES string of the molecule is Cc1cc2c3c(c1)-n1c4ccccc4c4cccc(c41)B3N(c1cc3c(cc1C)C(C)(C)CCC3(C)C)c1c-2ccc2c3cccc4c5ccccc5n(c12)c43. The van der Waals surface area contributed by atoms with Gasteiger partial charge in [-0.15, -0.1) is 0 Å². The molecule has 1 aliphatic carbocycles. The van der Waals surface area contributed by atoms with E-state index in [1.165, 1.54) is 134 Å². The van der Waals surface area contributed by atoms with Crippen LogP contribution in [0, 0.1) is 13.8 Å². The molecule has 2 aliphatic heterocycles. The topological polar surface area (TPSA) is 12.6 Å². The molecule has 0 amide bonds. The second kappa shape index (κ2) is 10.0. The molecule has 10 aromatic rings. The summed E-state index contributed by atoms with van der Waals surface area (Å²) in [5.41, 5.74) is 21.7. The third kappa shape index (κ3) is 3.59. The molecule has 13 rings (SSSR count). The van der Waals surface area contributed by atoms with Gasteiger partial charge in [-0.1, -0.05) is 125 Å². The van der Waals surface area contributed by atoms with E-state index in [9.17, 15) is 0 Å². The maximum atomic E-state index is 2.81. The lowest BCUT2D eigenvalue weighted by Gasteiger charge is -2.46. The van der Waals surface area contributed by atoms with E-state index >= 15 is 0 Å². The van der Waals surface area contributed by atoms with Gasteiger partial charge in [0.15, 0.2) is 0 Å². The number of aryl methyl sites for hydroxylation is 2. The molecule has 7 aromatic carbocycles. The van der Waals surface area contributed by atoms with E-state index in [0.29, 0.717) is 0 Å². The normalized spacial score (nSPS) is 16.5. The Labute approximate surface area is 327 Å². The largest absolute Gasteiger partial charge is 0.374 e. The Hall–Kier alpha value is -6.00. The van der Waals surface area contributed by atoms with Gasteiger partial charge in [-0.3, -0.25) is 0 Å². The Morgan fingerprint density at radius 3 is 1.89 bits per heavy atom. The molecule has 0 atom stereocenters. The number of fused-ring (bicyclic) bond motifs is 15. The fourth-order valence-electron chi connectivity index (χ4n) is 11.7.